The monoisotopic (exact) mass is 227 g/mol. The van der Waals surface area contributed by atoms with Crippen molar-refractivity contribution in [1.82, 2.24) is 9.71 Å². The molecule has 0 aromatic carbocycles. The fourth-order valence-corrected chi connectivity index (χ4v) is 2.82. The SMILES string of the molecule is CC1CC1NS(=O)(=O)c1cccnc1N. The molecule has 0 amide bonds. The van der Waals surface area contributed by atoms with Crippen molar-refractivity contribution >= 4 is 15.8 Å². The highest BCUT2D eigenvalue weighted by molar-refractivity contribution is 7.89. The second-order valence-corrected chi connectivity index (χ2v) is 5.51. The number of aromatic nitrogens is 1. The average Bonchev–Trinajstić information content (AvgIpc) is 2.81. The maximum absolute atomic E-state index is 11.8. The van der Waals surface area contributed by atoms with Gasteiger partial charge in [-0.3, -0.25) is 0 Å². The predicted molar refractivity (Wildman–Crippen MR) is 56.5 cm³/mol. The Bertz CT molecular complexity index is 472. The molecule has 0 radical (unpaired) electrons. The molecular weight excluding hydrogens is 214 g/mol. The molecule has 2 rings (SSSR count). The Balaban J connectivity index is 2.26. The van der Waals surface area contributed by atoms with Crippen LogP contribution >= 0.6 is 0 Å². The number of nitrogens with one attached hydrogen (secondary N) is 1. The van der Waals surface area contributed by atoms with E-state index in [-0.39, 0.29) is 16.8 Å². The van der Waals surface area contributed by atoms with Crippen LogP contribution < -0.4 is 10.5 Å². The number of hydrogen-bond acceptors (Lipinski definition) is 4. The zero-order valence-electron chi connectivity index (χ0n) is 8.34. The third-order valence-electron chi connectivity index (χ3n) is 2.51. The third kappa shape index (κ3) is 2.10. The van der Waals surface area contributed by atoms with Gasteiger partial charge in [-0.15, -0.1) is 0 Å². The molecule has 0 saturated heterocycles. The van der Waals surface area contributed by atoms with E-state index < -0.39 is 10.0 Å². The molecule has 1 heterocycles. The minimum atomic E-state index is -3.50. The van der Waals surface area contributed by atoms with Crippen molar-refractivity contribution in [2.45, 2.75) is 24.3 Å². The van der Waals surface area contributed by atoms with Crippen LogP contribution in [-0.2, 0) is 10.0 Å². The summed E-state index contributed by atoms with van der Waals surface area (Å²) in [6, 6.07) is 3.06. The van der Waals surface area contributed by atoms with Gasteiger partial charge in [-0.25, -0.2) is 18.1 Å². The molecule has 2 atom stereocenters. The molecular formula is C9H13N3O2S. The summed E-state index contributed by atoms with van der Waals surface area (Å²) in [5.41, 5.74) is 5.51. The number of nitrogens with zero attached hydrogens (tertiary/aromatic N) is 1. The van der Waals surface area contributed by atoms with Crippen LogP contribution in [0.5, 0.6) is 0 Å². The summed E-state index contributed by atoms with van der Waals surface area (Å²) in [5, 5.41) is 0. The second-order valence-electron chi connectivity index (χ2n) is 3.83. The van der Waals surface area contributed by atoms with Crippen LogP contribution in [0.3, 0.4) is 0 Å². The molecule has 15 heavy (non-hydrogen) atoms. The molecule has 0 spiro atoms. The van der Waals surface area contributed by atoms with Gasteiger partial charge in [0.1, 0.15) is 10.7 Å². The number of hydrogen-bond donors (Lipinski definition) is 2. The molecule has 0 bridgehead atoms. The van der Waals surface area contributed by atoms with Crippen LogP contribution in [0.25, 0.3) is 0 Å². The zero-order valence-corrected chi connectivity index (χ0v) is 9.16. The Morgan fingerprint density at radius 2 is 2.27 bits per heavy atom. The summed E-state index contributed by atoms with van der Waals surface area (Å²) in [6.45, 7) is 2.00. The number of rotatable bonds is 3. The van der Waals surface area contributed by atoms with Crippen molar-refractivity contribution in [3.8, 4) is 0 Å². The highest BCUT2D eigenvalue weighted by Crippen LogP contribution is 2.31. The smallest absolute Gasteiger partial charge is 0.244 e. The molecule has 0 aliphatic heterocycles. The van der Waals surface area contributed by atoms with Crippen molar-refractivity contribution in [2.75, 3.05) is 5.73 Å². The molecule has 1 aromatic rings. The van der Waals surface area contributed by atoms with E-state index in [0.717, 1.165) is 6.42 Å². The molecule has 1 aromatic heterocycles. The largest absolute Gasteiger partial charge is 0.383 e. The van der Waals surface area contributed by atoms with Crippen LogP contribution in [-0.4, -0.2) is 19.4 Å². The van der Waals surface area contributed by atoms with Gasteiger partial charge in [0.2, 0.25) is 10.0 Å². The first-order valence-corrected chi connectivity index (χ1v) is 6.22. The summed E-state index contributed by atoms with van der Waals surface area (Å²) >= 11 is 0. The number of nitrogen functional groups attached to an aromatic ring is 1. The van der Waals surface area contributed by atoms with Gasteiger partial charge in [-0.05, 0) is 24.5 Å². The summed E-state index contributed by atoms with van der Waals surface area (Å²) in [6.07, 6.45) is 2.35. The van der Waals surface area contributed by atoms with E-state index in [4.69, 9.17) is 5.73 Å². The molecule has 1 fully saturated rings. The lowest BCUT2D eigenvalue weighted by Crippen LogP contribution is -2.27. The molecule has 2 unspecified atom stereocenters. The average molecular weight is 227 g/mol. The molecule has 82 valence electrons. The lowest BCUT2D eigenvalue weighted by atomic mass is 10.5. The van der Waals surface area contributed by atoms with Crippen LogP contribution in [0.15, 0.2) is 23.2 Å². The van der Waals surface area contributed by atoms with E-state index in [2.05, 4.69) is 9.71 Å². The van der Waals surface area contributed by atoms with E-state index in [9.17, 15) is 8.42 Å². The molecule has 6 heteroatoms. The minimum absolute atomic E-state index is 0.0401. The first-order chi connectivity index (χ1) is 7.00. The molecule has 3 N–H and O–H groups in total. The number of anilines is 1. The van der Waals surface area contributed by atoms with Gasteiger partial charge in [-0.1, -0.05) is 6.92 Å². The third-order valence-corrected chi connectivity index (χ3v) is 4.04. The van der Waals surface area contributed by atoms with Gasteiger partial charge in [-0.2, -0.15) is 0 Å². The van der Waals surface area contributed by atoms with Crippen LogP contribution in [0, 0.1) is 5.92 Å². The van der Waals surface area contributed by atoms with Crippen LogP contribution in [0.2, 0.25) is 0 Å². The predicted octanol–water partition coefficient (Wildman–Crippen LogP) is 0.351. The normalized spacial score (nSPS) is 25.1. The maximum atomic E-state index is 11.8. The van der Waals surface area contributed by atoms with Crippen molar-refractivity contribution in [1.29, 1.82) is 0 Å². The first kappa shape index (κ1) is 10.4. The number of sulfonamides is 1. The van der Waals surface area contributed by atoms with E-state index in [1.165, 1.54) is 12.3 Å². The summed E-state index contributed by atoms with van der Waals surface area (Å²) in [5.74, 6) is 0.455. The zero-order chi connectivity index (χ0) is 11.1. The standard InChI is InChI=1S/C9H13N3O2S/c1-6-5-7(6)12-15(13,14)8-3-2-4-11-9(8)10/h2-4,6-7,12H,5H2,1H3,(H2,10,11). The highest BCUT2D eigenvalue weighted by atomic mass is 32.2. The Morgan fingerprint density at radius 1 is 1.60 bits per heavy atom. The maximum Gasteiger partial charge on any atom is 0.244 e. The Morgan fingerprint density at radius 3 is 2.80 bits per heavy atom. The Hall–Kier alpha value is -1.14. The fraction of sp³-hybridized carbons (Fsp3) is 0.444. The first-order valence-electron chi connectivity index (χ1n) is 4.73. The highest BCUT2D eigenvalue weighted by Gasteiger charge is 2.36. The van der Waals surface area contributed by atoms with E-state index >= 15 is 0 Å². The molecule has 5 nitrogen and oxygen atoms in total. The van der Waals surface area contributed by atoms with Gasteiger partial charge >= 0.3 is 0 Å². The Labute approximate surface area is 88.8 Å². The van der Waals surface area contributed by atoms with Crippen molar-refractivity contribution in [3.63, 3.8) is 0 Å². The second kappa shape index (κ2) is 3.46. The van der Waals surface area contributed by atoms with Gasteiger partial charge in [0.15, 0.2) is 0 Å². The summed E-state index contributed by atoms with van der Waals surface area (Å²) in [4.78, 5) is 3.81. The topological polar surface area (TPSA) is 85.1 Å². The van der Waals surface area contributed by atoms with Crippen molar-refractivity contribution < 1.29 is 8.42 Å². The molecule has 1 aliphatic carbocycles. The van der Waals surface area contributed by atoms with E-state index in [0.29, 0.717) is 5.92 Å². The summed E-state index contributed by atoms with van der Waals surface area (Å²) in [7, 11) is -3.50. The van der Waals surface area contributed by atoms with E-state index in [1.807, 2.05) is 6.92 Å². The minimum Gasteiger partial charge on any atom is -0.383 e. The van der Waals surface area contributed by atoms with Crippen LogP contribution in [0.4, 0.5) is 5.82 Å². The number of pyridine rings is 1. The van der Waals surface area contributed by atoms with E-state index in [1.54, 1.807) is 6.07 Å². The van der Waals surface area contributed by atoms with Gasteiger partial charge in [0.05, 0.1) is 0 Å². The van der Waals surface area contributed by atoms with Crippen molar-refractivity contribution in [3.05, 3.63) is 18.3 Å². The molecule has 1 aliphatic rings. The van der Waals surface area contributed by atoms with Gasteiger partial charge in [0.25, 0.3) is 0 Å². The van der Waals surface area contributed by atoms with Gasteiger partial charge in [0, 0.05) is 12.2 Å². The quantitative estimate of drug-likeness (QED) is 0.780. The summed E-state index contributed by atoms with van der Waals surface area (Å²) < 4.78 is 26.2. The lowest BCUT2D eigenvalue weighted by Gasteiger charge is -2.06. The van der Waals surface area contributed by atoms with Gasteiger partial charge < -0.3 is 5.73 Å². The Kier molecular flexibility index (Phi) is 2.40. The van der Waals surface area contributed by atoms with Crippen molar-refractivity contribution in [2.24, 2.45) is 5.92 Å². The molecule has 1 saturated carbocycles. The fourth-order valence-electron chi connectivity index (χ4n) is 1.38. The lowest BCUT2D eigenvalue weighted by molar-refractivity contribution is 0.578. The van der Waals surface area contributed by atoms with Crippen LogP contribution in [0.1, 0.15) is 13.3 Å². The number of nitrogens with two attached hydrogens (primary N) is 1.